The number of aliphatic imine (C=N–C) groups is 1. The maximum atomic E-state index is 12.6. The number of hydrogen-bond acceptors (Lipinski definition) is 11. The maximum absolute atomic E-state index is 12.6. The molecule has 6 heterocycles. The molecule has 2 amide bonds. The van der Waals surface area contributed by atoms with Crippen molar-refractivity contribution in [3.63, 3.8) is 0 Å². The van der Waals surface area contributed by atoms with Gasteiger partial charge in [0.2, 0.25) is 11.8 Å². The third kappa shape index (κ3) is 6.51. The Balaban J connectivity index is 0.000000173. The lowest BCUT2D eigenvalue weighted by Crippen LogP contribution is -2.32. The first kappa shape index (κ1) is 34.9. The number of carbonyl (C=O) groups excluding carboxylic acids is 2. The highest BCUT2D eigenvalue weighted by Crippen LogP contribution is 2.43. The number of carbonyl (C=O) groups is 2. The largest absolute Gasteiger partial charge is 0.370 e. The lowest BCUT2D eigenvalue weighted by atomic mass is 9.87. The van der Waals surface area contributed by atoms with Crippen LogP contribution in [0.4, 0.5) is 17.2 Å². The van der Waals surface area contributed by atoms with Gasteiger partial charge in [-0.25, -0.2) is 19.9 Å². The number of amides is 2. The molecule has 14 heteroatoms. The van der Waals surface area contributed by atoms with Gasteiger partial charge < -0.3 is 20.0 Å². The molecule has 4 aromatic heterocycles. The van der Waals surface area contributed by atoms with Gasteiger partial charge in [-0.2, -0.15) is 0 Å². The van der Waals surface area contributed by atoms with E-state index in [1.807, 2.05) is 34.4 Å². The van der Waals surface area contributed by atoms with Crippen molar-refractivity contribution in [2.75, 3.05) is 51.5 Å². The Morgan fingerprint density at radius 3 is 2.06 bits per heavy atom. The summed E-state index contributed by atoms with van der Waals surface area (Å²) in [5, 5.41) is 6.32. The topological polar surface area (TPSA) is 120 Å². The van der Waals surface area contributed by atoms with E-state index in [1.54, 1.807) is 38.8 Å². The number of benzene rings is 1. The first-order valence-corrected chi connectivity index (χ1v) is 19.9. The summed E-state index contributed by atoms with van der Waals surface area (Å²) in [6.07, 6.45) is 12.7. The van der Waals surface area contributed by atoms with Crippen molar-refractivity contribution in [3.8, 4) is 0 Å². The average Bonchev–Trinajstić information content (AvgIpc) is 3.96. The van der Waals surface area contributed by atoms with E-state index in [0.717, 1.165) is 90.1 Å². The summed E-state index contributed by atoms with van der Waals surface area (Å²) in [5.41, 5.74) is 7.35. The lowest BCUT2D eigenvalue weighted by molar-refractivity contribution is -0.134. The van der Waals surface area contributed by atoms with Crippen LogP contribution in [0, 0.1) is 11.8 Å². The Kier molecular flexibility index (Phi) is 9.60. The smallest absolute Gasteiger partial charge is 0.225 e. The van der Waals surface area contributed by atoms with Crippen molar-refractivity contribution >= 4 is 89.9 Å². The molecule has 0 unspecified atom stereocenters. The van der Waals surface area contributed by atoms with Crippen LogP contribution in [0.15, 0.2) is 29.8 Å². The molecular weight excluding hydrogens is 714 g/mol. The number of aryl methyl sites for hydroxylation is 2. The third-order valence-corrected chi connectivity index (χ3v) is 13.3. The number of anilines is 3. The standard InChI is InChI=1S/C25H28N6OS.C13H14ClN3OS/c1-30(2)25(32)15-5-6-18-21(11-15)33-24-22(18)23(27-14-28-24)29-19-9-16-12-26-13-17(16)10-20(19)31-7-3-4-8-31;1-17(2)13(18)7-3-4-8-9(5-7)19-12-10(8)11(14)15-6-16-12/h9-10,12,14-15H,3-8,11,13H2,1-2H3,(H,27,28,29);6-7H,3-5H2,1-2H3/t15-;7-/m00/s1. The van der Waals surface area contributed by atoms with Crippen molar-refractivity contribution in [1.29, 1.82) is 0 Å². The van der Waals surface area contributed by atoms with Crippen molar-refractivity contribution in [2.45, 2.75) is 57.9 Å². The number of thiophene rings is 2. The Morgan fingerprint density at radius 2 is 1.42 bits per heavy atom. The minimum absolute atomic E-state index is 0.0581. The number of nitrogens with one attached hydrogen (secondary N) is 1. The number of aromatic nitrogens is 4. The van der Waals surface area contributed by atoms with Crippen LogP contribution in [0.3, 0.4) is 0 Å². The minimum Gasteiger partial charge on any atom is -0.370 e. The SMILES string of the molecule is CN(C)C(=O)[C@H]1CCc2c(sc3ncnc(Cl)c23)C1.CN(C)C(=O)[C@H]1CCc2c(sc3ncnc(Nc4cc5c(cc4N4CCCC4)CN=C5)c23)C1. The quantitative estimate of drug-likeness (QED) is 0.197. The first-order chi connectivity index (χ1) is 25.2. The van der Waals surface area contributed by atoms with Gasteiger partial charge in [-0.15, -0.1) is 22.7 Å². The molecule has 4 aliphatic rings. The van der Waals surface area contributed by atoms with Gasteiger partial charge in [0.05, 0.1) is 28.7 Å². The highest BCUT2D eigenvalue weighted by Gasteiger charge is 2.31. The van der Waals surface area contributed by atoms with Gasteiger partial charge in [0, 0.05) is 69.1 Å². The summed E-state index contributed by atoms with van der Waals surface area (Å²) in [5.74, 6) is 1.44. The molecule has 1 saturated heterocycles. The Bertz CT molecular complexity index is 2220. The lowest BCUT2D eigenvalue weighted by Gasteiger charge is -2.25. The molecule has 2 aliphatic carbocycles. The molecule has 2 aliphatic heterocycles. The van der Waals surface area contributed by atoms with E-state index in [9.17, 15) is 9.59 Å². The van der Waals surface area contributed by atoms with Crippen LogP contribution in [-0.2, 0) is 41.8 Å². The van der Waals surface area contributed by atoms with E-state index < -0.39 is 0 Å². The highest BCUT2D eigenvalue weighted by molar-refractivity contribution is 7.19. The summed E-state index contributed by atoms with van der Waals surface area (Å²) < 4.78 is 0. The minimum atomic E-state index is 0.0581. The monoisotopic (exact) mass is 755 g/mol. The van der Waals surface area contributed by atoms with Gasteiger partial charge in [0.1, 0.15) is 33.3 Å². The van der Waals surface area contributed by atoms with Crippen molar-refractivity contribution in [1.82, 2.24) is 29.7 Å². The zero-order valence-electron chi connectivity index (χ0n) is 29.9. The molecule has 2 atom stereocenters. The summed E-state index contributed by atoms with van der Waals surface area (Å²) in [4.78, 5) is 57.0. The second kappa shape index (κ2) is 14.3. The molecule has 1 N–H and O–H groups in total. The van der Waals surface area contributed by atoms with Crippen LogP contribution in [-0.4, -0.2) is 89.0 Å². The van der Waals surface area contributed by atoms with Crippen molar-refractivity contribution < 1.29 is 9.59 Å². The molecule has 1 aromatic carbocycles. The van der Waals surface area contributed by atoms with Gasteiger partial charge in [0.15, 0.2) is 0 Å². The van der Waals surface area contributed by atoms with Crippen LogP contribution in [0.25, 0.3) is 20.4 Å². The number of halogens is 1. The van der Waals surface area contributed by atoms with E-state index >= 15 is 0 Å². The van der Waals surface area contributed by atoms with Gasteiger partial charge in [-0.1, -0.05) is 11.6 Å². The molecule has 0 saturated carbocycles. The van der Waals surface area contributed by atoms with E-state index in [0.29, 0.717) is 5.15 Å². The predicted molar refractivity (Wildman–Crippen MR) is 211 cm³/mol. The molecular formula is C38H42ClN9O2S2. The molecule has 270 valence electrons. The number of fused-ring (bicyclic) bond motifs is 7. The molecule has 52 heavy (non-hydrogen) atoms. The molecule has 9 rings (SSSR count). The van der Waals surface area contributed by atoms with Crippen molar-refractivity contribution in [3.05, 3.63) is 61.9 Å². The fourth-order valence-electron chi connectivity index (χ4n) is 8.02. The van der Waals surface area contributed by atoms with E-state index in [1.165, 1.54) is 56.9 Å². The van der Waals surface area contributed by atoms with E-state index in [2.05, 4.69) is 47.3 Å². The predicted octanol–water partition coefficient (Wildman–Crippen LogP) is 6.70. The molecule has 1 fully saturated rings. The van der Waals surface area contributed by atoms with Gasteiger partial charge in [0.25, 0.3) is 0 Å². The molecule has 5 aromatic rings. The Hall–Kier alpha value is -4.20. The number of nitrogens with zero attached hydrogens (tertiary/aromatic N) is 8. The summed E-state index contributed by atoms with van der Waals surface area (Å²) in [6.45, 7) is 2.93. The highest BCUT2D eigenvalue weighted by atomic mass is 35.5. The Labute approximate surface area is 316 Å². The van der Waals surface area contributed by atoms with Crippen LogP contribution >= 0.6 is 34.3 Å². The van der Waals surface area contributed by atoms with Crippen molar-refractivity contribution in [2.24, 2.45) is 16.8 Å². The van der Waals surface area contributed by atoms with E-state index in [4.69, 9.17) is 11.6 Å². The average molecular weight is 756 g/mol. The van der Waals surface area contributed by atoms with Crippen LogP contribution in [0.2, 0.25) is 5.15 Å². The molecule has 0 bridgehead atoms. The molecule has 0 spiro atoms. The van der Waals surface area contributed by atoms with Gasteiger partial charge in [-0.05, 0) is 85.8 Å². The third-order valence-electron chi connectivity index (χ3n) is 10.7. The van der Waals surface area contributed by atoms with Gasteiger partial charge in [-0.3, -0.25) is 14.6 Å². The summed E-state index contributed by atoms with van der Waals surface area (Å²) in [6, 6.07) is 4.52. The van der Waals surface area contributed by atoms with Crippen LogP contribution < -0.4 is 10.2 Å². The first-order valence-electron chi connectivity index (χ1n) is 17.9. The second-order valence-electron chi connectivity index (χ2n) is 14.5. The van der Waals surface area contributed by atoms with E-state index in [-0.39, 0.29) is 23.7 Å². The zero-order valence-corrected chi connectivity index (χ0v) is 32.3. The van der Waals surface area contributed by atoms with Crippen LogP contribution in [0.5, 0.6) is 0 Å². The summed E-state index contributed by atoms with van der Waals surface area (Å²) >= 11 is 9.52. The second-order valence-corrected chi connectivity index (χ2v) is 17.0. The van der Waals surface area contributed by atoms with Gasteiger partial charge >= 0.3 is 0 Å². The summed E-state index contributed by atoms with van der Waals surface area (Å²) in [7, 11) is 7.31. The normalized spacial score (nSPS) is 18.8. The molecule has 11 nitrogen and oxygen atoms in total. The maximum Gasteiger partial charge on any atom is 0.225 e. The fraction of sp³-hybridized carbons (Fsp3) is 0.447. The van der Waals surface area contributed by atoms with Crippen LogP contribution in [0.1, 0.15) is 57.7 Å². The Morgan fingerprint density at radius 1 is 0.827 bits per heavy atom. The zero-order chi connectivity index (χ0) is 36.1. The number of rotatable bonds is 5. The molecule has 0 radical (unpaired) electrons. The number of hydrogen-bond donors (Lipinski definition) is 1. The fourth-order valence-corrected chi connectivity index (χ4v) is 10.9.